The molecule has 3 heterocycles. The summed E-state index contributed by atoms with van der Waals surface area (Å²) in [6.07, 6.45) is 5.97. The van der Waals surface area contributed by atoms with Crippen molar-refractivity contribution >= 4 is 5.91 Å². The zero-order chi connectivity index (χ0) is 16.1. The van der Waals surface area contributed by atoms with Crippen LogP contribution in [0.3, 0.4) is 0 Å². The average molecular weight is 321 g/mol. The molecule has 0 unspecified atom stereocenters. The van der Waals surface area contributed by atoms with Gasteiger partial charge >= 0.3 is 0 Å². The predicted octanol–water partition coefficient (Wildman–Crippen LogP) is 1.48. The lowest BCUT2D eigenvalue weighted by Crippen LogP contribution is -2.53. The maximum Gasteiger partial charge on any atom is 0.222 e. The van der Waals surface area contributed by atoms with Crippen molar-refractivity contribution in [3.05, 3.63) is 29.8 Å². The van der Waals surface area contributed by atoms with E-state index >= 15 is 0 Å². The topological polar surface area (TPSA) is 45.7 Å². The SMILES string of the molecule is O=C(CCc1cncc(F)c1)N1CCN(C2CCOCC2)CC1. The summed E-state index contributed by atoms with van der Waals surface area (Å²) in [7, 11) is 0. The summed E-state index contributed by atoms with van der Waals surface area (Å²) in [5.74, 6) is -0.194. The summed E-state index contributed by atoms with van der Waals surface area (Å²) in [5, 5.41) is 0. The maximum absolute atomic E-state index is 13.1. The zero-order valence-electron chi connectivity index (χ0n) is 13.4. The van der Waals surface area contributed by atoms with E-state index < -0.39 is 0 Å². The number of amides is 1. The molecular formula is C17H24FN3O2. The van der Waals surface area contributed by atoms with Gasteiger partial charge < -0.3 is 9.64 Å². The molecule has 2 aliphatic heterocycles. The van der Waals surface area contributed by atoms with E-state index in [1.165, 1.54) is 12.3 Å². The largest absolute Gasteiger partial charge is 0.381 e. The van der Waals surface area contributed by atoms with Crippen LogP contribution in [0.2, 0.25) is 0 Å². The highest BCUT2D eigenvalue weighted by Crippen LogP contribution is 2.17. The highest BCUT2D eigenvalue weighted by Gasteiger charge is 2.27. The van der Waals surface area contributed by atoms with E-state index in [4.69, 9.17) is 4.74 Å². The molecule has 2 fully saturated rings. The lowest BCUT2D eigenvalue weighted by atomic mass is 10.1. The molecule has 3 rings (SSSR count). The number of pyridine rings is 1. The van der Waals surface area contributed by atoms with Crippen molar-refractivity contribution in [2.45, 2.75) is 31.7 Å². The van der Waals surface area contributed by atoms with Crippen molar-refractivity contribution in [3.63, 3.8) is 0 Å². The van der Waals surface area contributed by atoms with Crippen molar-refractivity contribution in [1.82, 2.24) is 14.8 Å². The second-order valence-corrected chi connectivity index (χ2v) is 6.27. The van der Waals surface area contributed by atoms with Crippen LogP contribution in [0.4, 0.5) is 4.39 Å². The molecule has 0 atom stereocenters. The van der Waals surface area contributed by atoms with E-state index in [2.05, 4.69) is 9.88 Å². The minimum Gasteiger partial charge on any atom is -0.381 e. The fourth-order valence-corrected chi connectivity index (χ4v) is 3.39. The normalized spacial score (nSPS) is 20.7. The Kier molecular flexibility index (Phi) is 5.56. The van der Waals surface area contributed by atoms with Crippen LogP contribution in [0.1, 0.15) is 24.8 Å². The van der Waals surface area contributed by atoms with Gasteiger partial charge in [0, 0.05) is 58.1 Å². The van der Waals surface area contributed by atoms with Gasteiger partial charge in [0.1, 0.15) is 5.82 Å². The number of aryl methyl sites for hydroxylation is 1. The summed E-state index contributed by atoms with van der Waals surface area (Å²) >= 11 is 0. The third kappa shape index (κ3) is 4.48. The van der Waals surface area contributed by atoms with Gasteiger partial charge in [-0.2, -0.15) is 0 Å². The molecule has 2 saturated heterocycles. The molecular weight excluding hydrogens is 297 g/mol. The summed E-state index contributed by atoms with van der Waals surface area (Å²) in [4.78, 5) is 20.6. The van der Waals surface area contributed by atoms with Crippen LogP contribution in [0.25, 0.3) is 0 Å². The third-order valence-electron chi connectivity index (χ3n) is 4.76. The summed E-state index contributed by atoms with van der Waals surface area (Å²) in [5.41, 5.74) is 0.777. The number of aromatic nitrogens is 1. The Morgan fingerprint density at radius 3 is 2.65 bits per heavy atom. The number of halogens is 1. The van der Waals surface area contributed by atoms with Gasteiger partial charge in [0.2, 0.25) is 5.91 Å². The van der Waals surface area contributed by atoms with Gasteiger partial charge in [0.25, 0.3) is 0 Å². The van der Waals surface area contributed by atoms with Crippen molar-refractivity contribution in [1.29, 1.82) is 0 Å². The van der Waals surface area contributed by atoms with E-state index in [0.29, 0.717) is 18.9 Å². The first-order valence-electron chi connectivity index (χ1n) is 8.41. The van der Waals surface area contributed by atoms with Gasteiger partial charge in [-0.15, -0.1) is 0 Å². The molecule has 2 aliphatic rings. The molecule has 0 N–H and O–H groups in total. The Labute approximate surface area is 136 Å². The molecule has 0 bridgehead atoms. The molecule has 0 spiro atoms. The quantitative estimate of drug-likeness (QED) is 0.843. The van der Waals surface area contributed by atoms with Crippen LogP contribution < -0.4 is 0 Å². The Morgan fingerprint density at radius 2 is 1.96 bits per heavy atom. The highest BCUT2D eigenvalue weighted by atomic mass is 19.1. The van der Waals surface area contributed by atoms with Gasteiger partial charge in [-0.1, -0.05) is 0 Å². The smallest absolute Gasteiger partial charge is 0.222 e. The predicted molar refractivity (Wildman–Crippen MR) is 84.5 cm³/mol. The zero-order valence-corrected chi connectivity index (χ0v) is 13.4. The van der Waals surface area contributed by atoms with E-state index in [1.807, 2.05) is 4.90 Å². The second kappa shape index (κ2) is 7.84. The standard InChI is InChI=1S/C17H24FN3O2/c18-15-11-14(12-19-13-15)1-2-17(22)21-7-5-20(6-8-21)16-3-9-23-10-4-16/h11-13,16H,1-10H2. The van der Waals surface area contributed by atoms with Gasteiger partial charge in [0.15, 0.2) is 0 Å². The van der Waals surface area contributed by atoms with Gasteiger partial charge in [0.05, 0.1) is 6.20 Å². The number of piperazine rings is 1. The van der Waals surface area contributed by atoms with Crippen LogP contribution in [-0.4, -0.2) is 66.1 Å². The number of hydrogen-bond acceptors (Lipinski definition) is 4. The molecule has 23 heavy (non-hydrogen) atoms. The highest BCUT2D eigenvalue weighted by molar-refractivity contribution is 5.76. The van der Waals surface area contributed by atoms with Gasteiger partial charge in [-0.05, 0) is 30.9 Å². The molecule has 0 saturated carbocycles. The van der Waals surface area contributed by atoms with Gasteiger partial charge in [-0.25, -0.2) is 4.39 Å². The third-order valence-corrected chi connectivity index (χ3v) is 4.76. The summed E-state index contributed by atoms with van der Waals surface area (Å²) in [6, 6.07) is 2.06. The van der Waals surface area contributed by atoms with Crippen LogP contribution in [0.15, 0.2) is 18.5 Å². The molecule has 126 valence electrons. The van der Waals surface area contributed by atoms with E-state index in [1.54, 1.807) is 6.20 Å². The molecule has 6 heteroatoms. The number of carbonyl (C=O) groups excluding carboxylic acids is 1. The number of hydrogen-bond donors (Lipinski definition) is 0. The Balaban J connectivity index is 1.43. The maximum atomic E-state index is 13.1. The molecule has 1 amide bonds. The lowest BCUT2D eigenvalue weighted by Gasteiger charge is -2.40. The molecule has 0 aliphatic carbocycles. The molecule has 0 aromatic carbocycles. The van der Waals surface area contributed by atoms with Gasteiger partial charge in [-0.3, -0.25) is 14.7 Å². The number of ether oxygens (including phenoxy) is 1. The number of carbonyl (C=O) groups is 1. The number of nitrogens with zero attached hydrogens (tertiary/aromatic N) is 3. The van der Waals surface area contributed by atoms with E-state index in [9.17, 15) is 9.18 Å². The fraction of sp³-hybridized carbons (Fsp3) is 0.647. The van der Waals surface area contributed by atoms with Crippen molar-refractivity contribution in [3.8, 4) is 0 Å². The fourth-order valence-electron chi connectivity index (χ4n) is 3.39. The average Bonchev–Trinajstić information content (AvgIpc) is 2.61. The van der Waals surface area contributed by atoms with Crippen LogP contribution >= 0.6 is 0 Å². The molecule has 1 aromatic heterocycles. The monoisotopic (exact) mass is 321 g/mol. The van der Waals surface area contributed by atoms with Crippen LogP contribution in [-0.2, 0) is 16.0 Å². The minimum absolute atomic E-state index is 0.154. The van der Waals surface area contributed by atoms with Crippen LogP contribution in [0, 0.1) is 5.82 Å². The van der Waals surface area contributed by atoms with Crippen molar-refractivity contribution in [2.75, 3.05) is 39.4 Å². The van der Waals surface area contributed by atoms with E-state index in [0.717, 1.165) is 57.8 Å². The van der Waals surface area contributed by atoms with Crippen LogP contribution in [0.5, 0.6) is 0 Å². The Hall–Kier alpha value is -1.53. The minimum atomic E-state index is -0.347. The van der Waals surface area contributed by atoms with E-state index in [-0.39, 0.29) is 11.7 Å². The number of rotatable bonds is 4. The summed E-state index contributed by atoms with van der Waals surface area (Å²) < 4.78 is 18.5. The molecule has 5 nitrogen and oxygen atoms in total. The second-order valence-electron chi connectivity index (χ2n) is 6.27. The lowest BCUT2D eigenvalue weighted by molar-refractivity contribution is -0.133. The Morgan fingerprint density at radius 1 is 1.22 bits per heavy atom. The first kappa shape index (κ1) is 16.3. The first-order valence-corrected chi connectivity index (χ1v) is 8.41. The Bertz CT molecular complexity index is 526. The summed E-state index contributed by atoms with van der Waals surface area (Å²) in [6.45, 7) is 5.17. The van der Waals surface area contributed by atoms with Crippen molar-refractivity contribution < 1.29 is 13.9 Å². The molecule has 1 aromatic rings. The first-order chi connectivity index (χ1) is 11.2. The van der Waals surface area contributed by atoms with Crippen molar-refractivity contribution in [2.24, 2.45) is 0 Å². The molecule has 0 radical (unpaired) electrons.